The Hall–Kier alpha value is -1.68. The maximum atomic E-state index is 14.1. The number of rotatable bonds is 11. The summed E-state index contributed by atoms with van der Waals surface area (Å²) in [6, 6.07) is 4.05. The first-order valence-electron chi connectivity index (χ1n) is 16.3. The van der Waals surface area contributed by atoms with E-state index in [0.29, 0.717) is 42.1 Å². The van der Waals surface area contributed by atoms with E-state index in [1.54, 1.807) is 4.68 Å². The number of alkyl halides is 3. The van der Waals surface area contributed by atoms with Crippen LogP contribution in [0.5, 0.6) is 0 Å². The topological polar surface area (TPSA) is 102 Å². The molecule has 1 aromatic heterocycles. The van der Waals surface area contributed by atoms with Crippen LogP contribution in [0.25, 0.3) is 11.3 Å². The van der Waals surface area contributed by atoms with Crippen molar-refractivity contribution in [2.75, 3.05) is 57.8 Å². The Morgan fingerprint density at radius 3 is 2.35 bits per heavy atom. The number of sulfonamides is 1. The molecule has 2 saturated heterocycles. The fraction of sp³-hybridized carbons (Fsp3) is 0.719. The van der Waals surface area contributed by atoms with E-state index in [1.165, 1.54) is 22.9 Å². The normalized spacial score (nSPS) is 20.6. The lowest BCUT2D eigenvalue weighted by Crippen LogP contribution is -2.42. The van der Waals surface area contributed by atoms with E-state index in [2.05, 4.69) is 9.80 Å². The van der Waals surface area contributed by atoms with Crippen LogP contribution in [-0.4, -0.2) is 112 Å². The summed E-state index contributed by atoms with van der Waals surface area (Å²) in [7, 11) is -3.50. The second-order valence-electron chi connectivity index (χ2n) is 13.6. The fourth-order valence-electron chi connectivity index (χ4n) is 7.00. The number of aromatic nitrogens is 2. The van der Waals surface area contributed by atoms with Gasteiger partial charge in [0.15, 0.2) is 0 Å². The number of β-amino-alcohol motifs (C(OH)–C–C–N with tert-alkyl or cyclic N) is 1. The van der Waals surface area contributed by atoms with Crippen molar-refractivity contribution in [1.82, 2.24) is 23.9 Å². The van der Waals surface area contributed by atoms with E-state index < -0.39 is 33.5 Å². The second-order valence-corrected chi connectivity index (χ2v) is 16.8. The van der Waals surface area contributed by atoms with Gasteiger partial charge in [-0.2, -0.15) is 22.6 Å². The molecular formula is C32H48F3N5O4S2. The van der Waals surface area contributed by atoms with Crippen molar-refractivity contribution < 1.29 is 31.8 Å². The maximum Gasteiger partial charge on any atom is 0.417 e. The van der Waals surface area contributed by atoms with Crippen molar-refractivity contribution in [3.63, 3.8) is 0 Å². The van der Waals surface area contributed by atoms with Crippen LogP contribution in [0, 0.1) is 5.92 Å². The zero-order valence-corrected chi connectivity index (χ0v) is 28.7. The summed E-state index contributed by atoms with van der Waals surface area (Å²) in [4.78, 5) is 4.59. The molecule has 1 atom stereocenters. The zero-order chi connectivity index (χ0) is 33.3. The molecule has 9 nitrogen and oxygen atoms in total. The Balaban J connectivity index is 1.38. The van der Waals surface area contributed by atoms with Gasteiger partial charge in [-0.25, -0.2) is 8.42 Å². The van der Waals surface area contributed by atoms with E-state index in [9.17, 15) is 31.8 Å². The van der Waals surface area contributed by atoms with E-state index >= 15 is 0 Å². The number of hydrogen-bond donors (Lipinski definition) is 2. The highest BCUT2D eigenvalue weighted by atomic mass is 32.2. The quantitative estimate of drug-likeness (QED) is 0.338. The molecule has 4 heterocycles. The van der Waals surface area contributed by atoms with Crippen molar-refractivity contribution in [3.05, 3.63) is 35.0 Å². The zero-order valence-electron chi connectivity index (χ0n) is 27.1. The van der Waals surface area contributed by atoms with Crippen LogP contribution in [0.1, 0.15) is 62.8 Å². The predicted octanol–water partition coefficient (Wildman–Crippen LogP) is 4.31. The largest absolute Gasteiger partial charge is 0.417 e. The van der Waals surface area contributed by atoms with Gasteiger partial charge in [0, 0.05) is 60.1 Å². The minimum Gasteiger partial charge on any atom is -0.390 e. The molecule has 3 aliphatic heterocycles. The number of benzene rings is 1. The summed E-state index contributed by atoms with van der Waals surface area (Å²) in [5, 5.41) is 26.2. The van der Waals surface area contributed by atoms with Crippen LogP contribution in [0.2, 0.25) is 0 Å². The molecule has 0 spiro atoms. The number of halogens is 3. The Labute approximate surface area is 275 Å². The third-order valence-electron chi connectivity index (χ3n) is 9.68. The number of thioether (sulfide) groups is 1. The standard InChI is InChI=1S/C32H48F3N5O4S2/c1-31(2,42)24-9-14-37(15-10-24)17-18-45-29-19-23(7-8-27(29)32(33,34)35)30-26-22-39(46(3,43)44)16-11-28(26)40(36-30)21-25(41)20-38-12-5-4-6-13-38/h7-8,19,24-25,41-42H,4-6,9-18,20-22H2,1-3H3/t25-/m0/s1. The van der Waals surface area contributed by atoms with E-state index in [-0.39, 0.29) is 30.4 Å². The Kier molecular flexibility index (Phi) is 11.2. The van der Waals surface area contributed by atoms with Crippen LogP contribution in [0.3, 0.4) is 0 Å². The second kappa shape index (κ2) is 14.4. The average molecular weight is 688 g/mol. The van der Waals surface area contributed by atoms with Gasteiger partial charge in [0.1, 0.15) is 0 Å². The summed E-state index contributed by atoms with van der Waals surface area (Å²) in [5.74, 6) is 0.678. The summed E-state index contributed by atoms with van der Waals surface area (Å²) in [6.07, 6.45) is 1.43. The molecule has 0 radical (unpaired) electrons. The van der Waals surface area contributed by atoms with Crippen molar-refractivity contribution >= 4 is 21.8 Å². The predicted molar refractivity (Wildman–Crippen MR) is 174 cm³/mol. The summed E-state index contributed by atoms with van der Waals surface area (Å²) >= 11 is 1.16. The number of piperidine rings is 2. The first-order chi connectivity index (χ1) is 21.6. The molecule has 46 heavy (non-hydrogen) atoms. The Bertz CT molecular complexity index is 1450. The number of aliphatic hydroxyl groups is 2. The van der Waals surface area contributed by atoms with Crippen molar-refractivity contribution in [2.24, 2.45) is 5.92 Å². The van der Waals surface area contributed by atoms with Gasteiger partial charge < -0.3 is 20.0 Å². The van der Waals surface area contributed by atoms with Gasteiger partial charge in [0.05, 0.1) is 35.8 Å². The molecule has 3 aliphatic rings. The van der Waals surface area contributed by atoms with Gasteiger partial charge in [-0.15, -0.1) is 11.8 Å². The molecule has 0 amide bonds. The highest BCUT2D eigenvalue weighted by Gasteiger charge is 2.36. The first-order valence-corrected chi connectivity index (χ1v) is 19.2. The van der Waals surface area contributed by atoms with Gasteiger partial charge in [-0.1, -0.05) is 12.5 Å². The highest BCUT2D eigenvalue weighted by molar-refractivity contribution is 7.99. The van der Waals surface area contributed by atoms with Crippen LogP contribution < -0.4 is 0 Å². The summed E-state index contributed by atoms with van der Waals surface area (Å²) < 4.78 is 70.5. The molecule has 0 aliphatic carbocycles. The summed E-state index contributed by atoms with van der Waals surface area (Å²) in [5.41, 5.74) is 1.00. The minimum absolute atomic E-state index is 0.0792. The van der Waals surface area contributed by atoms with Gasteiger partial charge in [-0.05, 0) is 83.8 Å². The van der Waals surface area contributed by atoms with Gasteiger partial charge in [-0.3, -0.25) is 4.68 Å². The minimum atomic E-state index is -4.53. The molecule has 1 aromatic carbocycles. The molecule has 2 fully saturated rings. The highest BCUT2D eigenvalue weighted by Crippen LogP contribution is 2.40. The molecule has 0 bridgehead atoms. The van der Waals surface area contributed by atoms with Crippen molar-refractivity contribution in [3.8, 4) is 11.3 Å². The molecule has 2 N–H and O–H groups in total. The Morgan fingerprint density at radius 1 is 1.02 bits per heavy atom. The fourth-order valence-corrected chi connectivity index (χ4v) is 8.91. The first kappa shape index (κ1) is 35.6. The van der Waals surface area contributed by atoms with Crippen molar-refractivity contribution in [2.45, 2.75) is 88.2 Å². The monoisotopic (exact) mass is 687 g/mol. The van der Waals surface area contributed by atoms with E-state index in [4.69, 9.17) is 5.10 Å². The molecular weight excluding hydrogens is 640 g/mol. The lowest BCUT2D eigenvalue weighted by molar-refractivity contribution is -0.139. The van der Waals surface area contributed by atoms with E-state index in [1.807, 2.05) is 13.8 Å². The van der Waals surface area contributed by atoms with E-state index in [0.717, 1.165) is 81.6 Å². The molecule has 14 heteroatoms. The average Bonchev–Trinajstić information content (AvgIpc) is 3.34. The Morgan fingerprint density at radius 2 is 1.72 bits per heavy atom. The number of aliphatic hydroxyl groups excluding tert-OH is 1. The number of fused-ring (bicyclic) bond motifs is 1. The smallest absolute Gasteiger partial charge is 0.390 e. The van der Waals surface area contributed by atoms with Gasteiger partial charge in [0.25, 0.3) is 0 Å². The van der Waals surface area contributed by atoms with Gasteiger partial charge >= 0.3 is 6.18 Å². The lowest BCUT2D eigenvalue weighted by Gasteiger charge is -2.37. The van der Waals surface area contributed by atoms with Crippen LogP contribution in [0.4, 0.5) is 13.2 Å². The van der Waals surface area contributed by atoms with Gasteiger partial charge in [0.2, 0.25) is 10.0 Å². The number of hydrogen-bond acceptors (Lipinski definition) is 8. The van der Waals surface area contributed by atoms with Crippen LogP contribution >= 0.6 is 11.8 Å². The molecule has 2 aromatic rings. The molecule has 0 unspecified atom stereocenters. The van der Waals surface area contributed by atoms with Crippen molar-refractivity contribution in [1.29, 1.82) is 0 Å². The molecule has 0 saturated carbocycles. The SMILES string of the molecule is CC(C)(O)C1CCN(CCSc2cc(-c3nn(C[C@@H](O)CN4CCCCC4)c4c3CN(S(C)(=O)=O)CC4)ccc2C(F)(F)F)CC1. The maximum absolute atomic E-state index is 14.1. The van der Waals surface area contributed by atoms with Crippen LogP contribution in [-0.2, 0) is 35.7 Å². The lowest BCUT2D eigenvalue weighted by atomic mass is 9.83. The molecule has 5 rings (SSSR count). The third kappa shape index (κ3) is 8.86. The summed E-state index contributed by atoms with van der Waals surface area (Å²) in [6.45, 7) is 8.85. The molecule has 258 valence electrons. The number of nitrogens with zero attached hydrogens (tertiary/aromatic N) is 5. The number of likely N-dealkylation sites (tertiary alicyclic amines) is 2. The van der Waals surface area contributed by atoms with Crippen LogP contribution in [0.15, 0.2) is 23.1 Å². The third-order valence-corrected chi connectivity index (χ3v) is 12.0.